The van der Waals surface area contributed by atoms with E-state index in [4.69, 9.17) is 11.6 Å². The second kappa shape index (κ2) is 3.59. The van der Waals surface area contributed by atoms with Gasteiger partial charge in [-0.25, -0.2) is 0 Å². The van der Waals surface area contributed by atoms with Gasteiger partial charge in [0.25, 0.3) is 0 Å². The summed E-state index contributed by atoms with van der Waals surface area (Å²) in [6, 6.07) is 3.91. The topological polar surface area (TPSA) is 0 Å². The van der Waals surface area contributed by atoms with Crippen LogP contribution in [0.3, 0.4) is 0 Å². The Morgan fingerprint density at radius 2 is 1.75 bits per heavy atom. The Bertz CT molecular complexity index is 295. The van der Waals surface area contributed by atoms with Crippen LogP contribution in [0.2, 0.25) is 5.02 Å². The quantitative estimate of drug-likeness (QED) is 0.644. The van der Waals surface area contributed by atoms with Crippen LogP contribution in [0.1, 0.15) is 16.7 Å². The zero-order valence-electron chi connectivity index (χ0n) is 7.10. The lowest BCUT2D eigenvalue weighted by Crippen LogP contribution is -1.83. The van der Waals surface area contributed by atoms with Crippen molar-refractivity contribution in [3.05, 3.63) is 47.0 Å². The molecule has 0 atom stereocenters. The van der Waals surface area contributed by atoms with Gasteiger partial charge in [-0.2, -0.15) is 0 Å². The molecule has 1 aromatic rings. The van der Waals surface area contributed by atoms with Gasteiger partial charge in [0.2, 0.25) is 0 Å². The molecule has 0 N–H and O–H groups in total. The molecule has 62 valence electrons. The largest absolute Gasteiger partial charge is 0.0985 e. The van der Waals surface area contributed by atoms with Gasteiger partial charge in [0.15, 0.2) is 0 Å². The van der Waals surface area contributed by atoms with Crippen molar-refractivity contribution in [2.24, 2.45) is 0 Å². The molecule has 0 heterocycles. The van der Waals surface area contributed by atoms with Crippen molar-refractivity contribution in [3.8, 4) is 0 Å². The second-order valence-electron chi connectivity index (χ2n) is 2.64. The molecule has 0 radical (unpaired) electrons. The van der Waals surface area contributed by atoms with E-state index in [1.54, 1.807) is 6.08 Å². The smallest absolute Gasteiger partial charge is 0.0481 e. The van der Waals surface area contributed by atoms with E-state index in [0.29, 0.717) is 0 Å². The second-order valence-corrected chi connectivity index (χ2v) is 3.05. The van der Waals surface area contributed by atoms with Crippen molar-refractivity contribution in [2.45, 2.75) is 6.92 Å². The molecular formula is C11H11Cl. The normalized spacial score (nSPS) is 9.50. The van der Waals surface area contributed by atoms with Gasteiger partial charge in [-0.05, 0) is 35.7 Å². The molecule has 0 fully saturated rings. The third-order valence-electron chi connectivity index (χ3n) is 1.83. The van der Waals surface area contributed by atoms with Crippen molar-refractivity contribution in [1.82, 2.24) is 0 Å². The lowest BCUT2D eigenvalue weighted by molar-refractivity contribution is 1.43. The van der Waals surface area contributed by atoms with Crippen LogP contribution in [-0.2, 0) is 0 Å². The molecule has 0 nitrogen and oxygen atoms in total. The van der Waals surface area contributed by atoms with Crippen LogP contribution >= 0.6 is 11.6 Å². The van der Waals surface area contributed by atoms with Gasteiger partial charge in [0.05, 0.1) is 0 Å². The first kappa shape index (κ1) is 9.08. The van der Waals surface area contributed by atoms with Crippen LogP contribution < -0.4 is 0 Å². The van der Waals surface area contributed by atoms with E-state index >= 15 is 0 Å². The van der Waals surface area contributed by atoms with Gasteiger partial charge in [-0.15, -0.1) is 0 Å². The Morgan fingerprint density at radius 1 is 1.17 bits per heavy atom. The minimum atomic E-state index is 0.744. The number of rotatable bonds is 2. The first-order valence-corrected chi connectivity index (χ1v) is 4.12. The maximum atomic E-state index is 5.95. The molecule has 0 saturated carbocycles. The molecule has 1 aromatic carbocycles. The Hall–Kier alpha value is -1.01. The highest BCUT2D eigenvalue weighted by Gasteiger charge is 2.00. The van der Waals surface area contributed by atoms with Crippen molar-refractivity contribution >= 4 is 23.8 Å². The van der Waals surface area contributed by atoms with Crippen LogP contribution in [0.25, 0.3) is 12.2 Å². The number of aryl methyl sites for hydroxylation is 1. The lowest BCUT2D eigenvalue weighted by Gasteiger charge is -2.04. The summed E-state index contributed by atoms with van der Waals surface area (Å²) in [5.41, 5.74) is 3.20. The first-order valence-electron chi connectivity index (χ1n) is 3.74. The fourth-order valence-corrected chi connectivity index (χ4v) is 1.38. The van der Waals surface area contributed by atoms with Crippen LogP contribution in [0.4, 0.5) is 0 Å². The van der Waals surface area contributed by atoms with Gasteiger partial charge < -0.3 is 0 Å². The Kier molecular flexibility index (Phi) is 2.72. The summed E-state index contributed by atoms with van der Waals surface area (Å²) >= 11 is 5.95. The summed E-state index contributed by atoms with van der Waals surface area (Å²) in [4.78, 5) is 0. The minimum absolute atomic E-state index is 0.744. The number of hydrogen-bond acceptors (Lipinski definition) is 0. The molecule has 12 heavy (non-hydrogen) atoms. The van der Waals surface area contributed by atoms with Gasteiger partial charge in [-0.1, -0.05) is 36.9 Å². The molecule has 0 saturated heterocycles. The van der Waals surface area contributed by atoms with Crippen LogP contribution in [0.15, 0.2) is 25.3 Å². The van der Waals surface area contributed by atoms with E-state index in [2.05, 4.69) is 13.2 Å². The van der Waals surface area contributed by atoms with E-state index < -0.39 is 0 Å². The summed E-state index contributed by atoms with van der Waals surface area (Å²) in [7, 11) is 0. The highest BCUT2D eigenvalue weighted by atomic mass is 35.5. The van der Waals surface area contributed by atoms with Crippen LogP contribution in [0.5, 0.6) is 0 Å². The Morgan fingerprint density at radius 3 is 2.25 bits per heavy atom. The molecular weight excluding hydrogens is 168 g/mol. The van der Waals surface area contributed by atoms with Gasteiger partial charge in [-0.3, -0.25) is 0 Å². The first-order chi connectivity index (χ1) is 5.69. The van der Waals surface area contributed by atoms with Crippen molar-refractivity contribution in [1.29, 1.82) is 0 Å². The molecule has 0 amide bonds. The SMILES string of the molecule is C=Cc1cc(C=C)c(Cl)cc1C. The van der Waals surface area contributed by atoms with E-state index in [9.17, 15) is 0 Å². The van der Waals surface area contributed by atoms with E-state index in [1.807, 2.05) is 25.1 Å². The molecule has 1 rings (SSSR count). The number of hydrogen-bond donors (Lipinski definition) is 0. The van der Waals surface area contributed by atoms with Gasteiger partial charge >= 0.3 is 0 Å². The molecule has 0 aliphatic carbocycles. The highest BCUT2D eigenvalue weighted by Crippen LogP contribution is 2.22. The van der Waals surface area contributed by atoms with Crippen LogP contribution in [-0.4, -0.2) is 0 Å². The fourth-order valence-electron chi connectivity index (χ4n) is 1.08. The Labute approximate surface area is 78.2 Å². The third-order valence-corrected chi connectivity index (χ3v) is 2.15. The molecule has 1 heteroatoms. The summed E-state index contributed by atoms with van der Waals surface area (Å²) < 4.78 is 0. The number of benzene rings is 1. The standard InChI is InChI=1S/C11H11Cl/c1-4-9-7-10(5-2)11(12)6-8(9)3/h4-7H,1-2H2,3H3. The highest BCUT2D eigenvalue weighted by molar-refractivity contribution is 6.32. The predicted molar refractivity (Wildman–Crippen MR) is 56.4 cm³/mol. The summed E-state index contributed by atoms with van der Waals surface area (Å²) in [6.45, 7) is 9.41. The zero-order chi connectivity index (χ0) is 9.14. The molecule has 0 aromatic heterocycles. The van der Waals surface area contributed by atoms with Crippen molar-refractivity contribution < 1.29 is 0 Å². The molecule has 0 unspecified atom stereocenters. The monoisotopic (exact) mass is 178 g/mol. The third kappa shape index (κ3) is 1.59. The lowest BCUT2D eigenvalue weighted by atomic mass is 10.1. The van der Waals surface area contributed by atoms with E-state index in [1.165, 1.54) is 0 Å². The maximum Gasteiger partial charge on any atom is 0.0481 e. The van der Waals surface area contributed by atoms with E-state index in [0.717, 1.165) is 21.7 Å². The predicted octanol–water partition coefficient (Wildman–Crippen LogP) is 3.93. The molecule has 0 spiro atoms. The molecule has 0 aliphatic heterocycles. The molecule has 0 bridgehead atoms. The molecule has 0 aliphatic rings. The van der Waals surface area contributed by atoms with Crippen molar-refractivity contribution in [3.63, 3.8) is 0 Å². The Balaban J connectivity index is 3.36. The minimum Gasteiger partial charge on any atom is -0.0985 e. The summed E-state index contributed by atoms with van der Waals surface area (Å²) in [5.74, 6) is 0. The van der Waals surface area contributed by atoms with Crippen LogP contribution in [0, 0.1) is 6.92 Å². The van der Waals surface area contributed by atoms with Crippen molar-refractivity contribution in [2.75, 3.05) is 0 Å². The van der Waals surface area contributed by atoms with Gasteiger partial charge in [0.1, 0.15) is 0 Å². The fraction of sp³-hybridized carbons (Fsp3) is 0.0909. The zero-order valence-corrected chi connectivity index (χ0v) is 7.86. The average molecular weight is 179 g/mol. The summed E-state index contributed by atoms with van der Waals surface area (Å²) in [5, 5.41) is 0.744. The number of halogens is 1. The van der Waals surface area contributed by atoms with E-state index in [-0.39, 0.29) is 0 Å². The van der Waals surface area contributed by atoms with Gasteiger partial charge in [0, 0.05) is 5.02 Å². The average Bonchev–Trinajstić information content (AvgIpc) is 2.05. The maximum absolute atomic E-state index is 5.95. The summed E-state index contributed by atoms with van der Waals surface area (Å²) in [6.07, 6.45) is 3.56.